The molecule has 0 fully saturated rings. The first-order chi connectivity index (χ1) is 11.2. The first-order valence-electron chi connectivity index (χ1n) is 8.74. The van der Waals surface area contributed by atoms with E-state index in [0.29, 0.717) is 0 Å². The molecule has 3 heteroatoms. The molecule has 23 heavy (non-hydrogen) atoms. The smallest absolute Gasteiger partial charge is 0.221 e. The van der Waals surface area contributed by atoms with E-state index in [4.69, 9.17) is 4.74 Å². The van der Waals surface area contributed by atoms with E-state index in [2.05, 4.69) is 18.8 Å². The maximum absolute atomic E-state index is 11.7. The van der Waals surface area contributed by atoms with Crippen LogP contribution in [0.3, 0.4) is 0 Å². The molecule has 0 aromatic carbocycles. The monoisotopic (exact) mass is 316 g/mol. The number of ketones is 2. The van der Waals surface area contributed by atoms with Crippen LogP contribution in [0.5, 0.6) is 0 Å². The van der Waals surface area contributed by atoms with E-state index in [1.54, 1.807) is 0 Å². The van der Waals surface area contributed by atoms with E-state index < -0.39 is 0 Å². The van der Waals surface area contributed by atoms with Crippen molar-refractivity contribution < 1.29 is 14.3 Å². The van der Waals surface area contributed by atoms with E-state index in [1.807, 2.05) is 0 Å². The van der Waals surface area contributed by atoms with Gasteiger partial charge in [-0.1, -0.05) is 70.1 Å². The first-order valence-corrected chi connectivity index (χ1v) is 8.74. The molecule has 0 aromatic heterocycles. The molecule has 0 heterocycles. The summed E-state index contributed by atoms with van der Waals surface area (Å²) in [5.74, 6) is 5.35. The Balaban J connectivity index is 2.14. The zero-order valence-corrected chi connectivity index (χ0v) is 14.5. The molecule has 126 valence electrons. The highest BCUT2D eigenvalue weighted by atomic mass is 16.5. The molecule has 0 spiro atoms. The Kier molecular flexibility index (Phi) is 9.79. The summed E-state index contributed by atoms with van der Waals surface area (Å²) < 4.78 is 4.83. The van der Waals surface area contributed by atoms with Gasteiger partial charge < -0.3 is 4.74 Å². The summed E-state index contributed by atoms with van der Waals surface area (Å²) in [4.78, 5) is 23.3. The number of carbonyl (C=O) groups excluding carboxylic acids is 2. The molecule has 0 atom stereocenters. The van der Waals surface area contributed by atoms with Gasteiger partial charge >= 0.3 is 0 Å². The van der Waals surface area contributed by atoms with Crippen molar-refractivity contribution in [2.75, 3.05) is 7.11 Å². The Hall–Kier alpha value is -1.82. The number of rotatable bonds is 10. The van der Waals surface area contributed by atoms with Gasteiger partial charge in [-0.3, -0.25) is 9.59 Å². The maximum atomic E-state index is 11.7. The average Bonchev–Trinajstić information content (AvgIpc) is 2.55. The molecule has 0 radical (unpaired) electrons. The lowest BCUT2D eigenvalue weighted by molar-refractivity contribution is -0.117. The van der Waals surface area contributed by atoms with Gasteiger partial charge in [-0.05, 0) is 6.42 Å². The molecule has 0 N–H and O–H groups in total. The van der Waals surface area contributed by atoms with Gasteiger partial charge in [0.1, 0.15) is 0 Å². The molecule has 0 bridgehead atoms. The van der Waals surface area contributed by atoms with E-state index in [0.717, 1.165) is 12.8 Å². The van der Waals surface area contributed by atoms with Crippen LogP contribution < -0.4 is 0 Å². The summed E-state index contributed by atoms with van der Waals surface area (Å²) in [6, 6.07) is 0. The van der Waals surface area contributed by atoms with Crippen molar-refractivity contribution >= 4 is 11.6 Å². The van der Waals surface area contributed by atoms with Crippen LogP contribution >= 0.6 is 0 Å². The fourth-order valence-corrected chi connectivity index (χ4v) is 2.48. The van der Waals surface area contributed by atoms with Crippen molar-refractivity contribution in [3.05, 3.63) is 23.5 Å². The SMILES string of the molecule is CCCCCCCCCCCC#CC1=CC(=O)C(OC)=CC1=O. The zero-order chi connectivity index (χ0) is 16.9. The molecular formula is C20H28O3. The van der Waals surface area contributed by atoms with Crippen LogP contribution in [0.15, 0.2) is 23.5 Å². The summed E-state index contributed by atoms with van der Waals surface area (Å²) in [7, 11) is 1.38. The molecular weight excluding hydrogens is 288 g/mol. The van der Waals surface area contributed by atoms with Crippen LogP contribution in [0.2, 0.25) is 0 Å². The Labute approximate surface area is 140 Å². The third-order valence-corrected chi connectivity index (χ3v) is 3.89. The second-order valence-electron chi connectivity index (χ2n) is 5.88. The summed E-state index contributed by atoms with van der Waals surface area (Å²) in [5.41, 5.74) is 0.270. The maximum Gasteiger partial charge on any atom is 0.221 e. The summed E-state index contributed by atoms with van der Waals surface area (Å²) in [5, 5.41) is 0. The molecule has 0 saturated carbocycles. The second-order valence-corrected chi connectivity index (χ2v) is 5.88. The van der Waals surface area contributed by atoms with Crippen molar-refractivity contribution in [2.45, 2.75) is 71.1 Å². The average molecular weight is 316 g/mol. The number of ether oxygens (including phenoxy) is 1. The minimum absolute atomic E-state index is 0.0829. The highest BCUT2D eigenvalue weighted by molar-refractivity contribution is 6.21. The van der Waals surface area contributed by atoms with Gasteiger partial charge in [0.25, 0.3) is 0 Å². The van der Waals surface area contributed by atoms with Crippen molar-refractivity contribution in [3.63, 3.8) is 0 Å². The predicted octanol–water partition coefficient (Wildman–Crippen LogP) is 4.52. The van der Waals surface area contributed by atoms with Gasteiger partial charge in [0.2, 0.25) is 5.78 Å². The lowest BCUT2D eigenvalue weighted by atomic mass is 10.0. The van der Waals surface area contributed by atoms with Crippen LogP contribution in [0.25, 0.3) is 0 Å². The van der Waals surface area contributed by atoms with Crippen molar-refractivity contribution in [1.29, 1.82) is 0 Å². The minimum Gasteiger partial charge on any atom is -0.493 e. The van der Waals surface area contributed by atoms with Crippen LogP contribution in [0.1, 0.15) is 71.1 Å². The number of hydrogen-bond acceptors (Lipinski definition) is 3. The van der Waals surface area contributed by atoms with Gasteiger partial charge in [0.05, 0.1) is 12.7 Å². The van der Waals surface area contributed by atoms with E-state index in [9.17, 15) is 9.59 Å². The van der Waals surface area contributed by atoms with Gasteiger partial charge in [-0.15, -0.1) is 0 Å². The van der Waals surface area contributed by atoms with E-state index in [-0.39, 0.29) is 22.9 Å². The zero-order valence-electron chi connectivity index (χ0n) is 14.5. The highest BCUT2D eigenvalue weighted by Gasteiger charge is 2.19. The Morgan fingerprint density at radius 1 is 0.870 bits per heavy atom. The molecule has 0 amide bonds. The molecule has 1 rings (SSSR count). The molecule has 0 unspecified atom stereocenters. The topological polar surface area (TPSA) is 43.4 Å². The van der Waals surface area contributed by atoms with Crippen LogP contribution in [-0.2, 0) is 14.3 Å². The quantitative estimate of drug-likeness (QED) is 0.338. The number of methoxy groups -OCH3 is 1. The van der Waals surface area contributed by atoms with Crippen molar-refractivity contribution in [3.8, 4) is 11.8 Å². The molecule has 1 aliphatic rings. The fourth-order valence-electron chi connectivity index (χ4n) is 2.48. The van der Waals surface area contributed by atoms with Crippen molar-refractivity contribution in [2.24, 2.45) is 0 Å². The molecule has 0 saturated heterocycles. The lowest BCUT2D eigenvalue weighted by Gasteiger charge is -2.06. The van der Waals surface area contributed by atoms with Gasteiger partial charge in [0, 0.05) is 18.6 Å². The molecule has 0 aliphatic heterocycles. The van der Waals surface area contributed by atoms with E-state index in [1.165, 1.54) is 70.6 Å². The van der Waals surface area contributed by atoms with Gasteiger partial charge in [-0.25, -0.2) is 0 Å². The van der Waals surface area contributed by atoms with Crippen molar-refractivity contribution in [1.82, 2.24) is 0 Å². The summed E-state index contributed by atoms with van der Waals surface area (Å²) in [6.07, 6.45) is 14.8. The molecule has 3 nitrogen and oxygen atoms in total. The largest absolute Gasteiger partial charge is 0.493 e. The van der Waals surface area contributed by atoms with E-state index >= 15 is 0 Å². The van der Waals surface area contributed by atoms with Gasteiger partial charge in [-0.2, -0.15) is 0 Å². The number of carbonyl (C=O) groups is 2. The Morgan fingerprint density at radius 2 is 1.48 bits per heavy atom. The normalized spacial score (nSPS) is 14.0. The standard InChI is InChI=1S/C20H28O3/c1-3-4-5-6-7-8-9-10-11-12-13-14-17-15-19(22)20(23-2)16-18(17)21/h15-16H,3-12H2,1-2H3. The lowest BCUT2D eigenvalue weighted by Crippen LogP contribution is -2.13. The predicted molar refractivity (Wildman–Crippen MR) is 92.8 cm³/mol. The summed E-state index contributed by atoms with van der Waals surface area (Å²) >= 11 is 0. The second kappa shape index (κ2) is 11.7. The third kappa shape index (κ3) is 7.83. The summed E-state index contributed by atoms with van der Waals surface area (Å²) in [6.45, 7) is 2.24. The molecule has 1 aliphatic carbocycles. The first kappa shape index (κ1) is 19.2. The minimum atomic E-state index is -0.292. The molecule has 0 aromatic rings. The Bertz CT molecular complexity index is 515. The number of allylic oxidation sites excluding steroid dienone is 3. The Morgan fingerprint density at radius 3 is 2.09 bits per heavy atom. The third-order valence-electron chi connectivity index (χ3n) is 3.89. The number of hydrogen-bond donors (Lipinski definition) is 0. The van der Waals surface area contributed by atoms with Crippen LogP contribution in [-0.4, -0.2) is 18.7 Å². The van der Waals surface area contributed by atoms with Gasteiger partial charge in [0.15, 0.2) is 11.5 Å². The number of unbranched alkanes of at least 4 members (excludes halogenated alkanes) is 9. The highest BCUT2D eigenvalue weighted by Crippen LogP contribution is 2.12. The van der Waals surface area contributed by atoms with Crippen LogP contribution in [0.4, 0.5) is 0 Å². The fraction of sp³-hybridized carbons (Fsp3) is 0.600. The van der Waals surface area contributed by atoms with Crippen LogP contribution in [0, 0.1) is 11.8 Å².